The van der Waals surface area contributed by atoms with E-state index in [1.807, 2.05) is 6.92 Å². The van der Waals surface area contributed by atoms with E-state index in [1.165, 1.54) is 18.3 Å². The molecular formula is C15H15ClF2N2. The lowest BCUT2D eigenvalue weighted by Gasteiger charge is -2.21. The van der Waals surface area contributed by atoms with E-state index >= 15 is 0 Å². The highest BCUT2D eigenvalue weighted by Gasteiger charge is 2.20. The number of halogens is 3. The van der Waals surface area contributed by atoms with Gasteiger partial charge in [0.25, 0.3) is 0 Å². The summed E-state index contributed by atoms with van der Waals surface area (Å²) in [5, 5.41) is 3.50. The van der Waals surface area contributed by atoms with Gasteiger partial charge < -0.3 is 5.32 Å². The van der Waals surface area contributed by atoms with Crippen LogP contribution >= 0.6 is 11.6 Å². The van der Waals surface area contributed by atoms with E-state index in [1.54, 1.807) is 12.1 Å². The van der Waals surface area contributed by atoms with E-state index in [2.05, 4.69) is 10.3 Å². The summed E-state index contributed by atoms with van der Waals surface area (Å²) in [6, 6.07) is 5.30. The average molecular weight is 297 g/mol. The van der Waals surface area contributed by atoms with Gasteiger partial charge in [0.2, 0.25) is 0 Å². The van der Waals surface area contributed by atoms with Crippen LogP contribution in [-0.2, 0) is 0 Å². The van der Waals surface area contributed by atoms with Gasteiger partial charge in [-0.25, -0.2) is 8.78 Å². The Labute approximate surface area is 121 Å². The largest absolute Gasteiger partial charge is 0.306 e. The topological polar surface area (TPSA) is 24.9 Å². The summed E-state index contributed by atoms with van der Waals surface area (Å²) in [5.74, 6) is -0.829. The molecule has 106 valence electrons. The predicted molar refractivity (Wildman–Crippen MR) is 75.7 cm³/mol. The third kappa shape index (κ3) is 3.32. The minimum absolute atomic E-state index is 0.273. The standard InChI is InChI=1S/C15H15ClF2N2/c1-2-6-20-15(12-5-7-19-9-14(12)18)11-4-3-10(17)8-13(11)16/h3-5,7-9,15,20H,2,6H2,1H3. The SMILES string of the molecule is CCCNC(c1ccncc1F)c1ccc(F)cc1Cl. The fourth-order valence-corrected chi connectivity index (χ4v) is 2.31. The maximum Gasteiger partial charge on any atom is 0.146 e. The maximum atomic E-state index is 13.9. The van der Waals surface area contributed by atoms with Crippen molar-refractivity contribution in [1.82, 2.24) is 10.3 Å². The molecule has 1 aromatic heterocycles. The molecule has 0 radical (unpaired) electrons. The lowest BCUT2D eigenvalue weighted by molar-refractivity contribution is 0.542. The zero-order chi connectivity index (χ0) is 14.5. The van der Waals surface area contributed by atoms with Crippen LogP contribution in [0.2, 0.25) is 5.02 Å². The second kappa shape index (κ2) is 6.77. The van der Waals surface area contributed by atoms with Crippen LogP contribution in [0.5, 0.6) is 0 Å². The van der Waals surface area contributed by atoms with Crippen molar-refractivity contribution in [3.8, 4) is 0 Å². The Kier molecular flexibility index (Phi) is 5.04. The average Bonchev–Trinajstić information content (AvgIpc) is 2.42. The van der Waals surface area contributed by atoms with E-state index in [-0.39, 0.29) is 5.02 Å². The normalized spacial score (nSPS) is 12.4. The molecule has 0 saturated carbocycles. The fraction of sp³-hybridized carbons (Fsp3) is 0.267. The molecule has 0 aliphatic rings. The summed E-state index contributed by atoms with van der Waals surface area (Å²) in [5.41, 5.74) is 1.09. The number of nitrogens with one attached hydrogen (secondary N) is 1. The van der Waals surface area contributed by atoms with Crippen LogP contribution in [0.1, 0.15) is 30.5 Å². The number of pyridine rings is 1. The Balaban J connectivity index is 2.44. The Bertz CT molecular complexity index is 590. The lowest BCUT2D eigenvalue weighted by atomic mass is 9.99. The maximum absolute atomic E-state index is 13.9. The molecule has 0 saturated heterocycles. The third-order valence-corrected chi connectivity index (χ3v) is 3.31. The minimum atomic E-state index is -0.425. The van der Waals surface area contributed by atoms with Crippen LogP contribution < -0.4 is 5.32 Å². The Morgan fingerprint density at radius 1 is 1.25 bits per heavy atom. The number of hydrogen-bond acceptors (Lipinski definition) is 2. The molecule has 0 aliphatic heterocycles. The highest BCUT2D eigenvalue weighted by molar-refractivity contribution is 6.31. The zero-order valence-corrected chi connectivity index (χ0v) is 11.8. The van der Waals surface area contributed by atoms with Crippen LogP contribution in [0.4, 0.5) is 8.78 Å². The van der Waals surface area contributed by atoms with Crippen molar-refractivity contribution in [2.75, 3.05) is 6.54 Å². The van der Waals surface area contributed by atoms with Crippen molar-refractivity contribution in [2.45, 2.75) is 19.4 Å². The highest BCUT2D eigenvalue weighted by Crippen LogP contribution is 2.30. The number of aromatic nitrogens is 1. The van der Waals surface area contributed by atoms with E-state index < -0.39 is 17.7 Å². The highest BCUT2D eigenvalue weighted by atomic mass is 35.5. The van der Waals surface area contributed by atoms with Gasteiger partial charge in [0, 0.05) is 16.8 Å². The van der Waals surface area contributed by atoms with Gasteiger partial charge >= 0.3 is 0 Å². The smallest absolute Gasteiger partial charge is 0.146 e. The molecular weight excluding hydrogens is 282 g/mol. The van der Waals surface area contributed by atoms with E-state index in [0.29, 0.717) is 17.7 Å². The Hall–Kier alpha value is -1.52. The molecule has 1 aromatic carbocycles. The molecule has 0 fully saturated rings. The van der Waals surface area contributed by atoms with Gasteiger partial charge in [0.05, 0.1) is 12.2 Å². The van der Waals surface area contributed by atoms with E-state index in [4.69, 9.17) is 11.6 Å². The molecule has 0 spiro atoms. The second-order valence-electron chi connectivity index (χ2n) is 4.45. The molecule has 2 rings (SSSR count). The van der Waals surface area contributed by atoms with Gasteiger partial charge in [-0.15, -0.1) is 0 Å². The van der Waals surface area contributed by atoms with Crippen LogP contribution in [0, 0.1) is 11.6 Å². The van der Waals surface area contributed by atoms with Crippen molar-refractivity contribution >= 4 is 11.6 Å². The van der Waals surface area contributed by atoms with Gasteiger partial charge in [0.15, 0.2) is 0 Å². The van der Waals surface area contributed by atoms with Crippen LogP contribution in [0.15, 0.2) is 36.7 Å². The van der Waals surface area contributed by atoms with Crippen LogP contribution in [0.3, 0.4) is 0 Å². The summed E-state index contributed by atoms with van der Waals surface area (Å²) >= 11 is 6.09. The number of hydrogen-bond donors (Lipinski definition) is 1. The minimum Gasteiger partial charge on any atom is -0.306 e. The Morgan fingerprint density at radius 3 is 2.70 bits per heavy atom. The molecule has 0 bridgehead atoms. The van der Waals surface area contributed by atoms with Crippen molar-refractivity contribution in [3.63, 3.8) is 0 Å². The van der Waals surface area contributed by atoms with Crippen LogP contribution in [-0.4, -0.2) is 11.5 Å². The van der Waals surface area contributed by atoms with E-state index in [0.717, 1.165) is 12.6 Å². The summed E-state index contributed by atoms with van der Waals surface area (Å²) in [6.45, 7) is 2.71. The number of nitrogens with zero attached hydrogens (tertiary/aromatic N) is 1. The summed E-state index contributed by atoms with van der Waals surface area (Å²) in [6.07, 6.45) is 3.58. The Morgan fingerprint density at radius 2 is 2.05 bits per heavy atom. The molecule has 0 aliphatic carbocycles. The molecule has 1 atom stereocenters. The predicted octanol–water partition coefficient (Wildman–Crippen LogP) is 4.10. The molecule has 5 heteroatoms. The summed E-state index contributed by atoms with van der Waals surface area (Å²) in [4.78, 5) is 3.74. The molecule has 2 nitrogen and oxygen atoms in total. The first-order valence-corrected chi connectivity index (χ1v) is 6.79. The molecule has 0 amide bonds. The summed E-state index contributed by atoms with van der Waals surface area (Å²) in [7, 11) is 0. The first-order chi connectivity index (χ1) is 9.63. The van der Waals surface area contributed by atoms with Crippen molar-refractivity contribution in [1.29, 1.82) is 0 Å². The summed E-state index contributed by atoms with van der Waals surface area (Å²) < 4.78 is 27.1. The molecule has 20 heavy (non-hydrogen) atoms. The fourth-order valence-electron chi connectivity index (χ4n) is 2.03. The lowest BCUT2D eigenvalue weighted by Crippen LogP contribution is -2.24. The van der Waals surface area contributed by atoms with Crippen molar-refractivity contribution in [3.05, 3.63) is 64.4 Å². The van der Waals surface area contributed by atoms with Gasteiger partial charge in [-0.05, 0) is 36.7 Å². The first-order valence-electron chi connectivity index (χ1n) is 6.41. The van der Waals surface area contributed by atoms with Crippen LogP contribution in [0.25, 0.3) is 0 Å². The molecule has 1 N–H and O–H groups in total. The van der Waals surface area contributed by atoms with Gasteiger partial charge in [0.1, 0.15) is 11.6 Å². The van der Waals surface area contributed by atoms with Crippen molar-refractivity contribution in [2.24, 2.45) is 0 Å². The number of benzene rings is 1. The zero-order valence-electron chi connectivity index (χ0n) is 11.0. The third-order valence-electron chi connectivity index (χ3n) is 2.99. The molecule has 1 unspecified atom stereocenters. The van der Waals surface area contributed by atoms with Gasteiger partial charge in [-0.2, -0.15) is 0 Å². The molecule has 2 aromatic rings. The molecule has 1 heterocycles. The second-order valence-corrected chi connectivity index (χ2v) is 4.86. The monoisotopic (exact) mass is 296 g/mol. The van der Waals surface area contributed by atoms with Crippen molar-refractivity contribution < 1.29 is 8.78 Å². The number of rotatable bonds is 5. The van der Waals surface area contributed by atoms with Gasteiger partial charge in [-0.3, -0.25) is 4.98 Å². The first kappa shape index (κ1) is 14.9. The quantitative estimate of drug-likeness (QED) is 0.898. The van der Waals surface area contributed by atoms with Gasteiger partial charge in [-0.1, -0.05) is 24.6 Å². The van der Waals surface area contributed by atoms with E-state index in [9.17, 15) is 8.78 Å².